The molecule has 1 aromatic carbocycles. The maximum absolute atomic E-state index is 14.5. The number of hydrogen-bond acceptors (Lipinski definition) is 5. The van der Waals surface area contributed by atoms with Crippen molar-refractivity contribution in [3.8, 4) is 5.69 Å². The van der Waals surface area contributed by atoms with E-state index in [4.69, 9.17) is 17.0 Å². The first-order valence-electron chi connectivity index (χ1n) is 7.71. The summed E-state index contributed by atoms with van der Waals surface area (Å²) in [4.78, 5) is 0. The summed E-state index contributed by atoms with van der Waals surface area (Å²) >= 11 is 4.87. The quantitative estimate of drug-likeness (QED) is 0.808. The number of nitrogens with zero attached hydrogens (tertiary/aromatic N) is 3. The molecule has 3 rings (SSSR count). The summed E-state index contributed by atoms with van der Waals surface area (Å²) in [5.41, 5.74) is 1.53. The maximum Gasteiger partial charge on any atom is 0.256 e. The lowest BCUT2D eigenvalue weighted by atomic mass is 9.99. The van der Waals surface area contributed by atoms with Crippen LogP contribution in [0.25, 0.3) is 11.3 Å². The molecule has 1 aliphatic heterocycles. The van der Waals surface area contributed by atoms with Crippen molar-refractivity contribution in [3.63, 3.8) is 0 Å². The van der Waals surface area contributed by atoms with Crippen molar-refractivity contribution in [2.75, 3.05) is 20.2 Å². The fourth-order valence-electron chi connectivity index (χ4n) is 2.59. The van der Waals surface area contributed by atoms with Crippen molar-refractivity contribution in [1.82, 2.24) is 25.6 Å². The molecule has 2 aromatic rings. The third-order valence-electron chi connectivity index (χ3n) is 3.82. The van der Waals surface area contributed by atoms with Crippen LogP contribution in [0.3, 0.4) is 0 Å². The zero-order chi connectivity index (χ0) is 17.8. The summed E-state index contributed by atoms with van der Waals surface area (Å²) in [6, 6.07) is 2.51. The fraction of sp³-hybridized carbons (Fsp3) is 0.312. The highest BCUT2D eigenvalue weighted by Crippen LogP contribution is 2.27. The van der Waals surface area contributed by atoms with Crippen molar-refractivity contribution >= 4 is 23.0 Å². The number of hydrogen-bond donors (Lipinski definition) is 2. The predicted octanol–water partition coefficient (Wildman–Crippen LogP) is 1.94. The van der Waals surface area contributed by atoms with Crippen LogP contribution in [0.5, 0.6) is 0 Å². The van der Waals surface area contributed by atoms with E-state index in [0.717, 1.165) is 0 Å². The smallest absolute Gasteiger partial charge is 0.256 e. The van der Waals surface area contributed by atoms with E-state index in [1.807, 2.05) is 6.08 Å². The first-order valence-corrected chi connectivity index (χ1v) is 8.12. The summed E-state index contributed by atoms with van der Waals surface area (Å²) in [7, 11) is 1.46. The zero-order valence-electron chi connectivity index (χ0n) is 13.6. The molecule has 0 saturated carbocycles. The number of rotatable bonds is 4. The highest BCUT2D eigenvalue weighted by atomic mass is 32.1. The van der Waals surface area contributed by atoms with E-state index in [0.29, 0.717) is 37.3 Å². The lowest BCUT2D eigenvalue weighted by Crippen LogP contribution is -2.22. The molecule has 2 heterocycles. The van der Waals surface area contributed by atoms with Crippen LogP contribution in [-0.2, 0) is 11.3 Å². The summed E-state index contributed by atoms with van der Waals surface area (Å²) in [6.07, 6.45) is 3.97. The Bertz CT molecular complexity index is 798. The SMILES string of the molecule is COC(=S)NCc1cn(-c2cc(F)c(C3=CCNCC3)c(F)c2)nn1. The van der Waals surface area contributed by atoms with Gasteiger partial charge >= 0.3 is 0 Å². The normalized spacial score (nSPS) is 14.1. The average molecular weight is 365 g/mol. The van der Waals surface area contributed by atoms with Gasteiger partial charge in [-0.25, -0.2) is 13.5 Å². The minimum atomic E-state index is -0.612. The van der Waals surface area contributed by atoms with Crippen LogP contribution < -0.4 is 10.6 Å². The van der Waals surface area contributed by atoms with Crippen LogP contribution in [-0.4, -0.2) is 40.4 Å². The number of halogens is 2. The number of nitrogens with one attached hydrogen (secondary N) is 2. The van der Waals surface area contributed by atoms with Crippen molar-refractivity contribution < 1.29 is 13.5 Å². The lowest BCUT2D eigenvalue weighted by Gasteiger charge is -2.16. The van der Waals surface area contributed by atoms with E-state index < -0.39 is 11.6 Å². The Morgan fingerprint density at radius 2 is 2.16 bits per heavy atom. The van der Waals surface area contributed by atoms with Gasteiger partial charge in [-0.15, -0.1) is 5.10 Å². The first kappa shape index (κ1) is 17.4. The number of aromatic nitrogens is 3. The molecule has 9 heteroatoms. The molecular formula is C16H17F2N5OS. The molecule has 0 fully saturated rings. The van der Waals surface area contributed by atoms with Gasteiger partial charge in [0.25, 0.3) is 5.17 Å². The van der Waals surface area contributed by atoms with E-state index in [1.54, 1.807) is 6.20 Å². The van der Waals surface area contributed by atoms with Crippen molar-refractivity contribution in [2.24, 2.45) is 0 Å². The molecule has 0 spiro atoms. The van der Waals surface area contributed by atoms with Gasteiger partial charge in [0, 0.05) is 24.2 Å². The zero-order valence-corrected chi connectivity index (χ0v) is 14.4. The molecule has 1 aliphatic rings. The third-order valence-corrected chi connectivity index (χ3v) is 4.13. The molecule has 0 radical (unpaired) electrons. The second-order valence-corrected chi connectivity index (χ2v) is 5.84. The molecule has 0 atom stereocenters. The van der Waals surface area contributed by atoms with Gasteiger partial charge in [0.1, 0.15) is 17.3 Å². The molecule has 1 aromatic heterocycles. The standard InChI is InChI=1S/C16H17F2N5OS/c1-24-16(25)20-8-11-9-23(22-21-11)12-6-13(17)15(14(18)7-12)10-2-4-19-5-3-10/h2,6-7,9,19H,3-5,8H2,1H3,(H,20,25). The number of methoxy groups -OCH3 is 1. The molecule has 0 unspecified atom stereocenters. The van der Waals surface area contributed by atoms with Gasteiger partial charge in [-0.3, -0.25) is 0 Å². The number of benzene rings is 1. The highest BCUT2D eigenvalue weighted by molar-refractivity contribution is 7.80. The molecule has 0 amide bonds. The van der Waals surface area contributed by atoms with E-state index in [9.17, 15) is 8.78 Å². The average Bonchev–Trinajstić information content (AvgIpc) is 3.09. The Morgan fingerprint density at radius 3 is 2.80 bits per heavy atom. The van der Waals surface area contributed by atoms with Crippen molar-refractivity contribution in [1.29, 1.82) is 0 Å². The Balaban J connectivity index is 1.83. The van der Waals surface area contributed by atoms with Gasteiger partial charge in [0.2, 0.25) is 0 Å². The van der Waals surface area contributed by atoms with Crippen molar-refractivity contribution in [2.45, 2.75) is 13.0 Å². The molecule has 0 bridgehead atoms. The van der Waals surface area contributed by atoms with Crippen LogP contribution in [0, 0.1) is 11.6 Å². The number of thiocarbonyl (C=S) groups is 1. The number of ether oxygens (including phenoxy) is 1. The van der Waals surface area contributed by atoms with Gasteiger partial charge in [-0.05, 0) is 30.8 Å². The molecule has 132 valence electrons. The molecule has 0 aliphatic carbocycles. The highest BCUT2D eigenvalue weighted by Gasteiger charge is 2.18. The van der Waals surface area contributed by atoms with Gasteiger partial charge in [0.15, 0.2) is 0 Å². The van der Waals surface area contributed by atoms with Crippen LogP contribution in [0.1, 0.15) is 17.7 Å². The minimum Gasteiger partial charge on any atom is -0.474 e. The lowest BCUT2D eigenvalue weighted by molar-refractivity contribution is 0.392. The second-order valence-electron chi connectivity index (χ2n) is 5.47. The van der Waals surface area contributed by atoms with Crippen molar-refractivity contribution in [3.05, 3.63) is 47.3 Å². The largest absolute Gasteiger partial charge is 0.474 e. The van der Waals surface area contributed by atoms with E-state index in [2.05, 4.69) is 20.9 Å². The topological polar surface area (TPSA) is 64.0 Å². The third kappa shape index (κ3) is 3.99. The van der Waals surface area contributed by atoms with E-state index in [1.165, 1.54) is 23.9 Å². The van der Waals surface area contributed by atoms with Gasteiger partial charge < -0.3 is 15.4 Å². The van der Waals surface area contributed by atoms with E-state index in [-0.39, 0.29) is 16.4 Å². The Hall–Kier alpha value is -2.39. The minimum absolute atomic E-state index is 0.0256. The Kier molecular flexibility index (Phi) is 5.34. The van der Waals surface area contributed by atoms with Crippen LogP contribution in [0.4, 0.5) is 8.78 Å². The molecule has 25 heavy (non-hydrogen) atoms. The van der Waals surface area contributed by atoms with E-state index >= 15 is 0 Å². The first-order chi connectivity index (χ1) is 12.1. The summed E-state index contributed by atoms with van der Waals surface area (Å²) in [6.45, 7) is 1.61. The molecule has 2 N–H and O–H groups in total. The summed E-state index contributed by atoms with van der Waals surface area (Å²) in [5, 5.41) is 14.0. The Labute approximate surface area is 148 Å². The van der Waals surface area contributed by atoms with Crippen LogP contribution in [0.15, 0.2) is 24.4 Å². The summed E-state index contributed by atoms with van der Waals surface area (Å²) in [5.74, 6) is -1.22. The second kappa shape index (κ2) is 7.66. The molecular weight excluding hydrogens is 348 g/mol. The maximum atomic E-state index is 14.5. The molecule has 6 nitrogen and oxygen atoms in total. The van der Waals surface area contributed by atoms with Gasteiger partial charge in [-0.1, -0.05) is 11.3 Å². The van der Waals surface area contributed by atoms with Crippen LogP contribution in [0.2, 0.25) is 0 Å². The predicted molar refractivity (Wildman–Crippen MR) is 93.2 cm³/mol. The molecule has 0 saturated heterocycles. The summed E-state index contributed by atoms with van der Waals surface area (Å²) < 4.78 is 35.1. The van der Waals surface area contributed by atoms with Gasteiger partial charge in [-0.2, -0.15) is 0 Å². The monoisotopic (exact) mass is 365 g/mol. The Morgan fingerprint density at radius 1 is 1.40 bits per heavy atom. The fourth-order valence-corrected chi connectivity index (χ4v) is 2.66. The van der Waals surface area contributed by atoms with Gasteiger partial charge in [0.05, 0.1) is 25.5 Å². The van der Waals surface area contributed by atoms with Crippen LogP contribution >= 0.6 is 12.2 Å².